The van der Waals surface area contributed by atoms with Gasteiger partial charge in [0.2, 0.25) is 5.91 Å². The Morgan fingerprint density at radius 1 is 1.21 bits per heavy atom. The summed E-state index contributed by atoms with van der Waals surface area (Å²) in [5.41, 5.74) is 5.39. The summed E-state index contributed by atoms with van der Waals surface area (Å²) in [5.74, 6) is 0.263. The van der Waals surface area contributed by atoms with Gasteiger partial charge in [0.15, 0.2) is 6.10 Å². The number of anilines is 1. The minimum atomic E-state index is -0.747. The van der Waals surface area contributed by atoms with E-state index in [4.69, 9.17) is 10.00 Å². The number of nitrogens with one attached hydrogen (secondary N) is 1. The van der Waals surface area contributed by atoms with Crippen LogP contribution in [-0.2, 0) is 9.59 Å². The molecule has 2 aromatic rings. The molecule has 0 saturated carbocycles. The maximum absolute atomic E-state index is 12.2. The van der Waals surface area contributed by atoms with Crippen molar-refractivity contribution in [3.05, 3.63) is 59.7 Å². The fourth-order valence-electron chi connectivity index (χ4n) is 2.96. The topological polar surface area (TPSA) is 94.8 Å². The summed E-state index contributed by atoms with van der Waals surface area (Å²) in [6, 6.07) is 16.1. The molecule has 29 heavy (non-hydrogen) atoms. The SMILES string of the molecule is C/C(=N/NC(=O)[C@H](C)Oc1ccc(C#N)cc1)c1ccc(N2CCCC2=O)cc1. The van der Waals surface area contributed by atoms with Crippen molar-refractivity contribution < 1.29 is 14.3 Å². The summed E-state index contributed by atoms with van der Waals surface area (Å²) in [6.45, 7) is 4.17. The predicted octanol–water partition coefficient (Wildman–Crippen LogP) is 2.99. The minimum absolute atomic E-state index is 0.145. The molecule has 0 spiro atoms. The molecule has 0 bridgehead atoms. The molecule has 1 aliphatic heterocycles. The van der Waals surface area contributed by atoms with E-state index >= 15 is 0 Å². The summed E-state index contributed by atoms with van der Waals surface area (Å²) < 4.78 is 5.57. The Bertz CT molecular complexity index is 959. The molecule has 1 N–H and O–H groups in total. The second-order valence-corrected chi connectivity index (χ2v) is 6.77. The van der Waals surface area contributed by atoms with Gasteiger partial charge in [0.1, 0.15) is 5.75 Å². The minimum Gasteiger partial charge on any atom is -0.481 e. The molecule has 1 fully saturated rings. The van der Waals surface area contributed by atoms with E-state index in [-0.39, 0.29) is 11.8 Å². The highest BCUT2D eigenvalue weighted by Crippen LogP contribution is 2.21. The van der Waals surface area contributed by atoms with Crippen LogP contribution < -0.4 is 15.1 Å². The Morgan fingerprint density at radius 3 is 2.48 bits per heavy atom. The average molecular weight is 390 g/mol. The van der Waals surface area contributed by atoms with Gasteiger partial charge in [-0.15, -0.1) is 0 Å². The summed E-state index contributed by atoms with van der Waals surface area (Å²) in [7, 11) is 0. The van der Waals surface area contributed by atoms with Gasteiger partial charge in [0.25, 0.3) is 5.91 Å². The summed E-state index contributed by atoms with van der Waals surface area (Å²) in [4.78, 5) is 25.8. The number of hydrogen-bond acceptors (Lipinski definition) is 5. The van der Waals surface area contributed by atoms with Crippen molar-refractivity contribution in [3.8, 4) is 11.8 Å². The molecule has 0 aliphatic carbocycles. The van der Waals surface area contributed by atoms with Gasteiger partial charge in [-0.25, -0.2) is 5.43 Å². The number of nitrogens with zero attached hydrogens (tertiary/aromatic N) is 3. The van der Waals surface area contributed by atoms with Crippen molar-refractivity contribution in [3.63, 3.8) is 0 Å². The molecule has 2 aromatic carbocycles. The van der Waals surface area contributed by atoms with Gasteiger partial charge < -0.3 is 9.64 Å². The Labute approximate surface area is 169 Å². The zero-order valence-electron chi connectivity index (χ0n) is 16.4. The van der Waals surface area contributed by atoms with Gasteiger partial charge in [0, 0.05) is 18.7 Å². The molecule has 0 aromatic heterocycles. The van der Waals surface area contributed by atoms with Gasteiger partial charge in [0.05, 0.1) is 17.3 Å². The standard InChI is InChI=1S/C22H22N4O3/c1-15(18-7-9-19(10-8-18)26-13-3-4-21(26)27)24-25-22(28)16(2)29-20-11-5-17(14-23)6-12-20/h5-12,16H,3-4,13H2,1-2H3,(H,25,28)/b24-15-/t16-/m0/s1. The van der Waals surface area contributed by atoms with Crippen molar-refractivity contribution in [1.29, 1.82) is 5.26 Å². The van der Waals surface area contributed by atoms with E-state index < -0.39 is 6.10 Å². The van der Waals surface area contributed by atoms with Crippen molar-refractivity contribution in [1.82, 2.24) is 5.43 Å². The average Bonchev–Trinajstić information content (AvgIpc) is 3.18. The van der Waals surface area contributed by atoms with Crippen LogP contribution in [0.25, 0.3) is 0 Å². The maximum atomic E-state index is 12.2. The molecule has 1 aliphatic rings. The highest BCUT2D eigenvalue weighted by atomic mass is 16.5. The Balaban J connectivity index is 1.57. The highest BCUT2D eigenvalue weighted by Gasteiger charge is 2.21. The van der Waals surface area contributed by atoms with Crippen LogP contribution in [-0.4, -0.2) is 30.2 Å². The van der Waals surface area contributed by atoms with Crippen LogP contribution >= 0.6 is 0 Å². The first-order valence-electron chi connectivity index (χ1n) is 9.39. The number of benzene rings is 2. The van der Waals surface area contributed by atoms with Crippen molar-refractivity contribution in [2.75, 3.05) is 11.4 Å². The van der Waals surface area contributed by atoms with Crippen LogP contribution in [0, 0.1) is 11.3 Å². The molecule has 7 heteroatoms. The van der Waals surface area contributed by atoms with Crippen molar-refractivity contribution >= 4 is 23.2 Å². The lowest BCUT2D eigenvalue weighted by Gasteiger charge is -2.16. The fraction of sp³-hybridized carbons (Fsp3) is 0.273. The van der Waals surface area contributed by atoms with Crippen LogP contribution in [0.15, 0.2) is 53.6 Å². The summed E-state index contributed by atoms with van der Waals surface area (Å²) in [6.07, 6.45) is 0.732. The lowest BCUT2D eigenvalue weighted by Crippen LogP contribution is -2.33. The largest absolute Gasteiger partial charge is 0.481 e. The molecule has 7 nitrogen and oxygen atoms in total. The first kappa shape index (κ1) is 20.1. The first-order valence-corrected chi connectivity index (χ1v) is 9.39. The third kappa shape index (κ3) is 4.99. The molecule has 1 saturated heterocycles. The molecule has 3 rings (SSSR count). The van der Waals surface area contributed by atoms with Crippen LogP contribution in [0.4, 0.5) is 5.69 Å². The molecule has 2 amide bonds. The van der Waals surface area contributed by atoms with Gasteiger partial charge in [-0.3, -0.25) is 9.59 Å². The number of nitriles is 1. The van der Waals surface area contributed by atoms with E-state index in [9.17, 15) is 9.59 Å². The zero-order valence-corrected chi connectivity index (χ0v) is 16.4. The lowest BCUT2D eigenvalue weighted by atomic mass is 10.1. The van der Waals surface area contributed by atoms with Gasteiger partial charge >= 0.3 is 0 Å². The van der Waals surface area contributed by atoms with Crippen molar-refractivity contribution in [2.45, 2.75) is 32.8 Å². The van der Waals surface area contributed by atoms with E-state index in [0.29, 0.717) is 23.4 Å². The predicted molar refractivity (Wildman–Crippen MR) is 110 cm³/mol. The second kappa shape index (κ2) is 9.02. The van der Waals surface area contributed by atoms with Crippen LogP contribution in [0.3, 0.4) is 0 Å². The molecule has 0 unspecified atom stereocenters. The van der Waals surface area contributed by atoms with E-state index in [0.717, 1.165) is 24.2 Å². The third-order valence-corrected chi connectivity index (χ3v) is 4.67. The molecular formula is C22H22N4O3. The van der Waals surface area contributed by atoms with Gasteiger partial charge in [-0.05, 0) is 62.2 Å². The highest BCUT2D eigenvalue weighted by molar-refractivity contribution is 6.00. The quantitative estimate of drug-likeness (QED) is 0.606. The Morgan fingerprint density at radius 2 is 1.90 bits per heavy atom. The van der Waals surface area contributed by atoms with Crippen molar-refractivity contribution in [2.24, 2.45) is 5.10 Å². The lowest BCUT2D eigenvalue weighted by molar-refractivity contribution is -0.127. The van der Waals surface area contributed by atoms with Crippen LogP contribution in [0.1, 0.15) is 37.8 Å². The molecule has 148 valence electrons. The number of amides is 2. The summed E-state index contributed by atoms with van der Waals surface area (Å²) >= 11 is 0. The molecule has 1 heterocycles. The number of rotatable bonds is 6. The second-order valence-electron chi connectivity index (χ2n) is 6.77. The van der Waals surface area contributed by atoms with E-state index in [1.807, 2.05) is 30.3 Å². The van der Waals surface area contributed by atoms with Crippen LogP contribution in [0.2, 0.25) is 0 Å². The summed E-state index contributed by atoms with van der Waals surface area (Å²) in [5, 5.41) is 12.9. The number of ether oxygens (including phenoxy) is 1. The van der Waals surface area contributed by atoms with Gasteiger partial charge in [-0.1, -0.05) is 12.1 Å². The van der Waals surface area contributed by atoms with E-state index in [1.165, 1.54) is 0 Å². The zero-order chi connectivity index (χ0) is 20.8. The van der Waals surface area contributed by atoms with Crippen LogP contribution in [0.5, 0.6) is 5.75 Å². The fourth-order valence-corrected chi connectivity index (χ4v) is 2.96. The third-order valence-electron chi connectivity index (χ3n) is 4.67. The smallest absolute Gasteiger partial charge is 0.280 e. The van der Waals surface area contributed by atoms with E-state index in [1.54, 1.807) is 43.0 Å². The van der Waals surface area contributed by atoms with E-state index in [2.05, 4.69) is 10.5 Å². The molecule has 1 atom stereocenters. The number of hydrogen-bond donors (Lipinski definition) is 1. The maximum Gasteiger partial charge on any atom is 0.280 e. The monoisotopic (exact) mass is 390 g/mol. The van der Waals surface area contributed by atoms with Gasteiger partial charge in [-0.2, -0.15) is 10.4 Å². The normalized spacial score (nSPS) is 15.0. The Hall–Kier alpha value is -3.66. The molecule has 0 radical (unpaired) electrons. The Kier molecular flexibility index (Phi) is 6.25. The number of hydrazone groups is 1. The molecular weight excluding hydrogens is 368 g/mol. The first-order chi connectivity index (χ1) is 14.0. The number of carbonyl (C=O) groups is 2. The number of carbonyl (C=O) groups excluding carboxylic acids is 2.